The number of carboxylic acid groups (broad SMARTS) is 1. The highest BCUT2D eigenvalue weighted by Gasteiger charge is 2.28. The Labute approximate surface area is 119 Å². The van der Waals surface area contributed by atoms with E-state index in [-0.39, 0.29) is 6.04 Å². The van der Waals surface area contributed by atoms with Crippen molar-refractivity contribution in [2.75, 3.05) is 13.2 Å². The van der Waals surface area contributed by atoms with Gasteiger partial charge in [0.05, 0.1) is 0 Å². The number of hydrogen-bond donors (Lipinski definition) is 1. The maximum atomic E-state index is 11.3. The lowest BCUT2D eigenvalue weighted by atomic mass is 10.0. The number of likely N-dealkylation sites (tertiary alicyclic amines) is 1. The molecule has 0 spiro atoms. The molecule has 0 bridgehead atoms. The number of carbonyl (C=O) groups is 1. The lowest BCUT2D eigenvalue weighted by Crippen LogP contribution is -2.43. The van der Waals surface area contributed by atoms with E-state index in [9.17, 15) is 9.90 Å². The van der Waals surface area contributed by atoms with Crippen molar-refractivity contribution in [1.82, 2.24) is 4.90 Å². The molecule has 0 radical (unpaired) electrons. The lowest BCUT2D eigenvalue weighted by molar-refractivity contribution is -0.144. The van der Waals surface area contributed by atoms with Crippen LogP contribution in [0.2, 0.25) is 0 Å². The molecule has 108 valence electrons. The van der Waals surface area contributed by atoms with Crippen molar-refractivity contribution < 1.29 is 14.6 Å². The van der Waals surface area contributed by atoms with Gasteiger partial charge in [-0.1, -0.05) is 31.2 Å². The number of benzene rings is 1. The number of ether oxygens (including phenoxy) is 1. The highest BCUT2D eigenvalue weighted by atomic mass is 16.5. The molecule has 1 saturated heterocycles. The second-order valence-corrected chi connectivity index (χ2v) is 5.07. The molecule has 1 aromatic carbocycles. The Bertz CT molecular complexity index is 473. The molecule has 1 aliphatic rings. The highest BCUT2D eigenvalue weighted by Crippen LogP contribution is 2.21. The van der Waals surface area contributed by atoms with Crippen molar-refractivity contribution in [1.29, 1.82) is 0 Å². The van der Waals surface area contributed by atoms with E-state index in [1.54, 1.807) is 6.08 Å². The van der Waals surface area contributed by atoms with Crippen LogP contribution in [0.4, 0.5) is 0 Å². The van der Waals surface area contributed by atoms with Crippen LogP contribution in [0.25, 0.3) is 0 Å². The van der Waals surface area contributed by atoms with Crippen LogP contribution in [0.3, 0.4) is 0 Å². The largest absolute Gasteiger partial charge is 0.490 e. The fourth-order valence-corrected chi connectivity index (χ4v) is 2.58. The molecule has 1 aliphatic heterocycles. The SMILES string of the molecule is C=CCOc1cccc(CN2CCCCC2C(=O)O)c1. The molecule has 1 unspecified atom stereocenters. The smallest absolute Gasteiger partial charge is 0.320 e. The van der Waals surface area contributed by atoms with Gasteiger partial charge in [-0.2, -0.15) is 0 Å². The summed E-state index contributed by atoms with van der Waals surface area (Å²) in [4.78, 5) is 13.3. The molecule has 1 heterocycles. The fraction of sp³-hybridized carbons (Fsp3) is 0.438. The van der Waals surface area contributed by atoms with Crippen molar-refractivity contribution in [2.24, 2.45) is 0 Å². The normalized spacial score (nSPS) is 19.5. The summed E-state index contributed by atoms with van der Waals surface area (Å²) in [6.07, 6.45) is 4.51. The van der Waals surface area contributed by atoms with Gasteiger partial charge in [0.1, 0.15) is 18.4 Å². The Morgan fingerprint density at radius 2 is 2.35 bits per heavy atom. The third-order valence-corrected chi connectivity index (χ3v) is 3.55. The topological polar surface area (TPSA) is 49.8 Å². The number of piperidine rings is 1. The Hall–Kier alpha value is -1.81. The van der Waals surface area contributed by atoms with Crippen LogP contribution in [0.15, 0.2) is 36.9 Å². The molecule has 4 heteroatoms. The van der Waals surface area contributed by atoms with Crippen molar-refractivity contribution in [3.05, 3.63) is 42.5 Å². The summed E-state index contributed by atoms with van der Waals surface area (Å²) in [5, 5.41) is 9.28. The summed E-state index contributed by atoms with van der Waals surface area (Å²) in [6.45, 7) is 5.60. The average Bonchev–Trinajstić information content (AvgIpc) is 2.46. The van der Waals surface area contributed by atoms with Crippen molar-refractivity contribution in [3.8, 4) is 5.75 Å². The monoisotopic (exact) mass is 275 g/mol. The summed E-state index contributed by atoms with van der Waals surface area (Å²) in [6, 6.07) is 7.46. The van der Waals surface area contributed by atoms with Crippen molar-refractivity contribution >= 4 is 5.97 Å². The molecule has 1 fully saturated rings. The zero-order valence-corrected chi connectivity index (χ0v) is 11.6. The first-order chi connectivity index (χ1) is 9.70. The van der Waals surface area contributed by atoms with Gasteiger partial charge in [-0.15, -0.1) is 0 Å². The maximum absolute atomic E-state index is 11.3. The van der Waals surface area contributed by atoms with E-state index >= 15 is 0 Å². The molecule has 4 nitrogen and oxygen atoms in total. The third kappa shape index (κ3) is 3.84. The molecular formula is C16H21NO3. The Morgan fingerprint density at radius 3 is 3.10 bits per heavy atom. The number of hydrogen-bond acceptors (Lipinski definition) is 3. The summed E-state index contributed by atoms with van der Waals surface area (Å²) in [5.74, 6) is 0.0787. The molecule has 1 atom stereocenters. The van der Waals surface area contributed by atoms with Gasteiger partial charge in [-0.05, 0) is 37.1 Å². The summed E-state index contributed by atoms with van der Waals surface area (Å²) in [7, 11) is 0. The highest BCUT2D eigenvalue weighted by molar-refractivity contribution is 5.73. The van der Waals surface area contributed by atoms with Gasteiger partial charge in [-0.3, -0.25) is 9.69 Å². The molecule has 0 saturated carbocycles. The zero-order chi connectivity index (χ0) is 14.4. The molecule has 2 rings (SSSR count). The first-order valence-electron chi connectivity index (χ1n) is 7.00. The van der Waals surface area contributed by atoms with Gasteiger partial charge in [0.15, 0.2) is 0 Å². The van der Waals surface area contributed by atoms with Gasteiger partial charge in [0.2, 0.25) is 0 Å². The molecule has 1 aromatic rings. The molecular weight excluding hydrogens is 254 g/mol. The van der Waals surface area contributed by atoms with Gasteiger partial charge in [-0.25, -0.2) is 0 Å². The van der Waals surface area contributed by atoms with Crippen LogP contribution < -0.4 is 4.74 Å². The van der Waals surface area contributed by atoms with E-state index in [0.717, 1.165) is 37.1 Å². The van der Waals surface area contributed by atoms with E-state index in [2.05, 4.69) is 6.58 Å². The molecule has 0 aliphatic carbocycles. The fourth-order valence-electron chi connectivity index (χ4n) is 2.58. The quantitative estimate of drug-likeness (QED) is 0.811. The Morgan fingerprint density at radius 1 is 1.50 bits per heavy atom. The van der Waals surface area contributed by atoms with Gasteiger partial charge >= 0.3 is 5.97 Å². The van der Waals surface area contributed by atoms with E-state index in [1.165, 1.54) is 0 Å². The summed E-state index contributed by atoms with van der Waals surface area (Å²) >= 11 is 0. The van der Waals surface area contributed by atoms with Gasteiger partial charge in [0.25, 0.3) is 0 Å². The van der Waals surface area contributed by atoms with Crippen LogP contribution in [0, 0.1) is 0 Å². The Kier molecular flexibility index (Phi) is 5.18. The van der Waals surface area contributed by atoms with Crippen LogP contribution >= 0.6 is 0 Å². The minimum Gasteiger partial charge on any atom is -0.490 e. The van der Waals surface area contributed by atoms with Crippen LogP contribution in [0.5, 0.6) is 5.75 Å². The summed E-state index contributed by atoms with van der Waals surface area (Å²) < 4.78 is 5.51. The van der Waals surface area contributed by atoms with E-state index in [1.807, 2.05) is 29.2 Å². The van der Waals surface area contributed by atoms with Crippen LogP contribution in [-0.2, 0) is 11.3 Å². The van der Waals surface area contributed by atoms with E-state index < -0.39 is 5.97 Å². The van der Waals surface area contributed by atoms with Crippen LogP contribution in [-0.4, -0.2) is 35.2 Å². The van der Waals surface area contributed by atoms with E-state index in [0.29, 0.717) is 13.2 Å². The molecule has 0 amide bonds. The Balaban J connectivity index is 2.04. The standard InChI is InChI=1S/C16H21NO3/c1-2-10-20-14-7-5-6-13(11-14)12-17-9-4-3-8-15(17)16(18)19/h2,5-7,11,15H,1,3-4,8-10,12H2,(H,18,19). The number of aliphatic carboxylic acids is 1. The first kappa shape index (κ1) is 14.6. The summed E-state index contributed by atoms with van der Waals surface area (Å²) in [5.41, 5.74) is 1.08. The second kappa shape index (κ2) is 7.10. The number of nitrogens with zero attached hydrogens (tertiary/aromatic N) is 1. The predicted molar refractivity (Wildman–Crippen MR) is 77.8 cm³/mol. The van der Waals surface area contributed by atoms with Crippen molar-refractivity contribution in [2.45, 2.75) is 31.8 Å². The van der Waals surface area contributed by atoms with E-state index in [4.69, 9.17) is 4.74 Å². The number of rotatable bonds is 6. The molecule has 1 N–H and O–H groups in total. The first-order valence-corrected chi connectivity index (χ1v) is 7.00. The zero-order valence-electron chi connectivity index (χ0n) is 11.6. The maximum Gasteiger partial charge on any atom is 0.320 e. The second-order valence-electron chi connectivity index (χ2n) is 5.07. The van der Waals surface area contributed by atoms with Gasteiger partial charge in [0, 0.05) is 6.54 Å². The predicted octanol–water partition coefficient (Wildman–Crippen LogP) is 2.69. The molecule has 0 aromatic heterocycles. The van der Waals surface area contributed by atoms with Gasteiger partial charge < -0.3 is 9.84 Å². The third-order valence-electron chi connectivity index (χ3n) is 3.55. The van der Waals surface area contributed by atoms with Crippen molar-refractivity contribution in [3.63, 3.8) is 0 Å². The molecule has 20 heavy (non-hydrogen) atoms. The lowest BCUT2D eigenvalue weighted by Gasteiger charge is -2.32. The number of carboxylic acids is 1. The van der Waals surface area contributed by atoms with Crippen LogP contribution in [0.1, 0.15) is 24.8 Å². The minimum absolute atomic E-state index is 0.360. The average molecular weight is 275 g/mol. The minimum atomic E-state index is -0.719.